The van der Waals surface area contributed by atoms with Crippen molar-refractivity contribution in [3.8, 4) is 10.4 Å². The lowest BCUT2D eigenvalue weighted by Gasteiger charge is -2.03. The monoisotopic (exact) mass is 270 g/mol. The Bertz CT molecular complexity index is 747. The van der Waals surface area contributed by atoms with Crippen molar-refractivity contribution in [2.24, 2.45) is 0 Å². The summed E-state index contributed by atoms with van der Waals surface area (Å²) < 4.78 is 1.12. The summed E-state index contributed by atoms with van der Waals surface area (Å²) in [5, 5.41) is 10.3. The molecule has 0 saturated heterocycles. The molecular formula is C14H10N2O2S. The van der Waals surface area contributed by atoms with Crippen molar-refractivity contribution in [1.82, 2.24) is 4.98 Å². The minimum absolute atomic E-state index is 0.00782. The normalized spacial score (nSPS) is 10.7. The van der Waals surface area contributed by atoms with Gasteiger partial charge in [-0.2, -0.15) is 0 Å². The third-order valence-electron chi connectivity index (χ3n) is 2.81. The Kier molecular flexibility index (Phi) is 2.68. The number of pyridine rings is 1. The second-order valence-electron chi connectivity index (χ2n) is 4.09. The van der Waals surface area contributed by atoms with Crippen molar-refractivity contribution in [2.75, 3.05) is 5.73 Å². The van der Waals surface area contributed by atoms with Crippen LogP contribution in [-0.2, 0) is 0 Å². The molecule has 4 nitrogen and oxygen atoms in total. The molecule has 0 aliphatic heterocycles. The Hall–Kier alpha value is -2.40. The second kappa shape index (κ2) is 4.37. The molecular weight excluding hydrogens is 260 g/mol. The van der Waals surface area contributed by atoms with Crippen molar-refractivity contribution < 1.29 is 9.90 Å². The lowest BCUT2D eigenvalue weighted by molar-refractivity contribution is 0.0691. The van der Waals surface area contributed by atoms with Gasteiger partial charge in [-0.25, -0.2) is 9.78 Å². The van der Waals surface area contributed by atoms with Crippen LogP contribution in [0.25, 0.3) is 20.5 Å². The zero-order valence-electron chi connectivity index (χ0n) is 9.83. The van der Waals surface area contributed by atoms with E-state index in [1.165, 1.54) is 0 Å². The molecule has 94 valence electrons. The van der Waals surface area contributed by atoms with E-state index in [1.807, 2.05) is 30.3 Å². The summed E-state index contributed by atoms with van der Waals surface area (Å²) in [6.07, 6.45) is 0. The summed E-state index contributed by atoms with van der Waals surface area (Å²) in [7, 11) is 0. The summed E-state index contributed by atoms with van der Waals surface area (Å²) >= 11 is 1.54. The van der Waals surface area contributed by atoms with Crippen LogP contribution in [0.4, 0.5) is 5.82 Å². The summed E-state index contributed by atoms with van der Waals surface area (Å²) in [6, 6.07) is 13.2. The van der Waals surface area contributed by atoms with Crippen LogP contribution in [0.1, 0.15) is 10.5 Å². The third kappa shape index (κ3) is 2.04. The van der Waals surface area contributed by atoms with Crippen LogP contribution in [-0.4, -0.2) is 16.1 Å². The largest absolute Gasteiger partial charge is 0.476 e. The van der Waals surface area contributed by atoms with Crippen LogP contribution in [0, 0.1) is 0 Å². The van der Waals surface area contributed by atoms with Crippen LogP contribution in [0.2, 0.25) is 0 Å². The average Bonchev–Trinajstić information content (AvgIpc) is 2.82. The molecule has 0 fully saturated rings. The molecule has 0 saturated carbocycles. The first kappa shape index (κ1) is 11.7. The molecule has 0 aliphatic carbocycles. The number of hydrogen-bond donors (Lipinski definition) is 2. The SMILES string of the molecule is Nc1ccc(-c2cc3ccccc3s2)c(C(=O)O)n1. The molecule has 3 N–H and O–H groups in total. The maximum absolute atomic E-state index is 11.2. The first-order valence-electron chi connectivity index (χ1n) is 5.64. The van der Waals surface area contributed by atoms with Crippen molar-refractivity contribution in [3.63, 3.8) is 0 Å². The molecule has 1 aromatic carbocycles. The van der Waals surface area contributed by atoms with E-state index in [-0.39, 0.29) is 11.5 Å². The van der Waals surface area contributed by atoms with Gasteiger partial charge in [0.25, 0.3) is 0 Å². The van der Waals surface area contributed by atoms with Gasteiger partial charge in [-0.15, -0.1) is 11.3 Å². The number of carbonyl (C=O) groups is 1. The summed E-state index contributed by atoms with van der Waals surface area (Å²) in [6.45, 7) is 0. The molecule has 0 bridgehead atoms. The average molecular weight is 270 g/mol. The summed E-state index contributed by atoms with van der Waals surface area (Å²) in [4.78, 5) is 16.0. The molecule has 0 atom stereocenters. The van der Waals surface area contributed by atoms with Crippen molar-refractivity contribution >= 4 is 33.2 Å². The minimum atomic E-state index is -1.07. The quantitative estimate of drug-likeness (QED) is 0.749. The number of anilines is 1. The molecule has 3 aromatic rings. The number of aromatic nitrogens is 1. The fourth-order valence-electron chi connectivity index (χ4n) is 1.95. The molecule has 2 heterocycles. The number of carboxylic acid groups (broad SMARTS) is 1. The highest BCUT2D eigenvalue weighted by Gasteiger charge is 2.15. The summed E-state index contributed by atoms with van der Waals surface area (Å²) in [5.74, 6) is -0.859. The lowest BCUT2D eigenvalue weighted by atomic mass is 10.1. The molecule has 5 heteroatoms. The van der Waals surface area contributed by atoms with Crippen LogP contribution in [0.15, 0.2) is 42.5 Å². The van der Waals surface area contributed by atoms with Gasteiger partial charge in [0.05, 0.1) is 0 Å². The number of nitrogen functional groups attached to an aromatic ring is 1. The van der Waals surface area contributed by atoms with Gasteiger partial charge in [0.1, 0.15) is 5.82 Å². The molecule has 0 spiro atoms. The third-order valence-corrected chi connectivity index (χ3v) is 3.96. The van der Waals surface area contributed by atoms with Crippen molar-refractivity contribution in [3.05, 3.63) is 48.2 Å². The molecule has 0 radical (unpaired) electrons. The standard InChI is InChI=1S/C14H10N2O2S/c15-12-6-5-9(13(16-12)14(17)18)11-7-8-3-1-2-4-10(8)19-11/h1-7H,(H2,15,16)(H,17,18). The predicted octanol–water partition coefficient (Wildman–Crippen LogP) is 3.24. The van der Waals surface area contributed by atoms with Gasteiger partial charge in [-0.1, -0.05) is 18.2 Å². The number of aromatic carboxylic acids is 1. The molecule has 0 unspecified atom stereocenters. The van der Waals surface area contributed by atoms with Gasteiger partial charge >= 0.3 is 5.97 Å². The van der Waals surface area contributed by atoms with Crippen LogP contribution in [0.5, 0.6) is 0 Å². The van der Waals surface area contributed by atoms with E-state index < -0.39 is 5.97 Å². The first-order valence-corrected chi connectivity index (χ1v) is 6.45. The number of fused-ring (bicyclic) bond motifs is 1. The van der Waals surface area contributed by atoms with Gasteiger partial charge in [0.2, 0.25) is 0 Å². The maximum Gasteiger partial charge on any atom is 0.355 e. The van der Waals surface area contributed by atoms with E-state index in [0.717, 1.165) is 15.0 Å². The molecule has 19 heavy (non-hydrogen) atoms. The number of carboxylic acids is 1. The predicted molar refractivity (Wildman–Crippen MR) is 76.4 cm³/mol. The maximum atomic E-state index is 11.2. The van der Waals surface area contributed by atoms with Crippen molar-refractivity contribution in [1.29, 1.82) is 0 Å². The number of nitrogens with two attached hydrogens (primary N) is 1. The highest BCUT2D eigenvalue weighted by Crippen LogP contribution is 2.34. The fraction of sp³-hybridized carbons (Fsp3) is 0. The van der Waals surface area contributed by atoms with Gasteiger partial charge in [-0.3, -0.25) is 0 Å². The van der Waals surface area contributed by atoms with E-state index in [4.69, 9.17) is 5.73 Å². The van der Waals surface area contributed by atoms with Gasteiger partial charge < -0.3 is 10.8 Å². The van der Waals surface area contributed by atoms with E-state index in [0.29, 0.717) is 5.56 Å². The van der Waals surface area contributed by atoms with E-state index in [2.05, 4.69) is 4.98 Å². The molecule has 0 aliphatic rings. The lowest BCUT2D eigenvalue weighted by Crippen LogP contribution is -2.04. The Labute approximate surface area is 113 Å². The number of hydrogen-bond acceptors (Lipinski definition) is 4. The Morgan fingerprint density at radius 2 is 2.00 bits per heavy atom. The summed E-state index contributed by atoms with van der Waals surface area (Å²) in [5.41, 5.74) is 6.14. The smallest absolute Gasteiger partial charge is 0.355 e. The number of benzene rings is 1. The molecule has 2 aromatic heterocycles. The number of nitrogens with zero attached hydrogens (tertiary/aromatic N) is 1. The van der Waals surface area contributed by atoms with E-state index in [1.54, 1.807) is 23.5 Å². The van der Waals surface area contributed by atoms with E-state index >= 15 is 0 Å². The van der Waals surface area contributed by atoms with Gasteiger partial charge in [-0.05, 0) is 29.7 Å². The Morgan fingerprint density at radius 1 is 1.21 bits per heavy atom. The highest BCUT2D eigenvalue weighted by atomic mass is 32.1. The van der Waals surface area contributed by atoms with E-state index in [9.17, 15) is 9.90 Å². The van der Waals surface area contributed by atoms with Gasteiger partial charge in [0, 0.05) is 15.1 Å². The second-order valence-corrected chi connectivity index (χ2v) is 5.17. The van der Waals surface area contributed by atoms with Crippen LogP contribution < -0.4 is 5.73 Å². The highest BCUT2D eigenvalue weighted by molar-refractivity contribution is 7.22. The first-order chi connectivity index (χ1) is 9.15. The fourth-order valence-corrected chi connectivity index (χ4v) is 3.04. The number of rotatable bonds is 2. The zero-order chi connectivity index (χ0) is 13.4. The Morgan fingerprint density at radius 3 is 2.74 bits per heavy atom. The zero-order valence-corrected chi connectivity index (χ0v) is 10.6. The topological polar surface area (TPSA) is 76.2 Å². The minimum Gasteiger partial charge on any atom is -0.476 e. The van der Waals surface area contributed by atoms with Crippen LogP contribution >= 0.6 is 11.3 Å². The van der Waals surface area contributed by atoms with Crippen LogP contribution in [0.3, 0.4) is 0 Å². The van der Waals surface area contributed by atoms with Gasteiger partial charge in [0.15, 0.2) is 5.69 Å². The van der Waals surface area contributed by atoms with Crippen molar-refractivity contribution in [2.45, 2.75) is 0 Å². The molecule has 0 amide bonds. The number of thiophene rings is 1. The Balaban J connectivity index is 2.23. The molecule has 3 rings (SSSR count).